The van der Waals surface area contributed by atoms with Crippen molar-refractivity contribution in [1.82, 2.24) is 0 Å². The average Bonchev–Trinajstić information content (AvgIpc) is 2.10. The van der Waals surface area contributed by atoms with Gasteiger partial charge in [-0.2, -0.15) is 17.9 Å². The Bertz CT molecular complexity index is 221. The molecule has 0 aromatic carbocycles. The summed E-state index contributed by atoms with van der Waals surface area (Å²) < 4.78 is 0. The van der Waals surface area contributed by atoms with Crippen molar-refractivity contribution in [3.8, 4) is 17.9 Å². The van der Waals surface area contributed by atoms with E-state index in [4.69, 9.17) is 5.26 Å². The summed E-state index contributed by atoms with van der Waals surface area (Å²) in [6.45, 7) is 0. The molecule has 0 aromatic rings. The zero-order valence-electron chi connectivity index (χ0n) is 6.79. The maximum atomic E-state index is 10.1. The molecule has 64 valence electrons. The summed E-state index contributed by atoms with van der Waals surface area (Å²) in [5.74, 6) is 5.70. The molecule has 0 saturated heterocycles. The molecule has 0 radical (unpaired) electrons. The van der Waals surface area contributed by atoms with Crippen LogP contribution in [0.15, 0.2) is 0 Å². The molecular formula is C9H11NOS. The Balaban J connectivity index is 3.35. The third-order valence-electron chi connectivity index (χ3n) is 1.18. The molecule has 3 heteroatoms. The minimum Gasteiger partial charge on any atom is -0.302 e. The highest BCUT2D eigenvalue weighted by molar-refractivity contribution is 7.81. The summed E-state index contributed by atoms with van der Waals surface area (Å²) in [5, 5.41) is 7.92. The van der Waals surface area contributed by atoms with E-state index in [1.54, 1.807) is 0 Å². The lowest BCUT2D eigenvalue weighted by Crippen LogP contribution is -1.96. The number of hydrogen-bond acceptors (Lipinski definition) is 3. The highest BCUT2D eigenvalue weighted by atomic mass is 32.1. The SMILES string of the molecule is N#CCCCC#CCC(S)C=O. The van der Waals surface area contributed by atoms with Gasteiger partial charge in [0, 0.05) is 19.3 Å². The van der Waals surface area contributed by atoms with Crippen LogP contribution in [0.25, 0.3) is 0 Å². The Labute approximate surface area is 78.4 Å². The predicted octanol–water partition coefficient (Wildman–Crippen LogP) is 1.57. The summed E-state index contributed by atoms with van der Waals surface area (Å²) in [4.78, 5) is 10.1. The lowest BCUT2D eigenvalue weighted by atomic mass is 10.2. The number of carbonyl (C=O) groups is 1. The number of nitriles is 1. The van der Waals surface area contributed by atoms with Crippen molar-refractivity contribution >= 4 is 18.9 Å². The fourth-order valence-corrected chi connectivity index (χ4v) is 0.660. The number of thiol groups is 1. The van der Waals surface area contributed by atoms with E-state index in [-0.39, 0.29) is 5.25 Å². The van der Waals surface area contributed by atoms with E-state index in [1.807, 2.05) is 6.07 Å². The van der Waals surface area contributed by atoms with Gasteiger partial charge < -0.3 is 4.79 Å². The first kappa shape index (κ1) is 11.1. The Morgan fingerprint density at radius 2 is 2.17 bits per heavy atom. The van der Waals surface area contributed by atoms with E-state index >= 15 is 0 Å². The van der Waals surface area contributed by atoms with Gasteiger partial charge in [-0.25, -0.2) is 0 Å². The second-order valence-corrected chi connectivity index (χ2v) is 2.94. The summed E-state index contributed by atoms with van der Waals surface area (Å²) in [7, 11) is 0. The van der Waals surface area contributed by atoms with Crippen LogP contribution in [0, 0.1) is 23.2 Å². The summed E-state index contributed by atoms with van der Waals surface area (Å²) in [6.07, 6.45) is 3.35. The Morgan fingerprint density at radius 3 is 2.75 bits per heavy atom. The van der Waals surface area contributed by atoms with E-state index in [9.17, 15) is 4.79 Å². The Morgan fingerprint density at radius 1 is 1.42 bits per heavy atom. The number of carbonyl (C=O) groups excluding carboxylic acids is 1. The van der Waals surface area contributed by atoms with Crippen molar-refractivity contribution in [1.29, 1.82) is 5.26 Å². The molecule has 0 fully saturated rings. The molecular weight excluding hydrogens is 170 g/mol. The van der Waals surface area contributed by atoms with E-state index in [2.05, 4.69) is 24.5 Å². The Kier molecular flexibility index (Phi) is 7.54. The van der Waals surface area contributed by atoms with Gasteiger partial charge in [0.25, 0.3) is 0 Å². The van der Waals surface area contributed by atoms with Crippen LogP contribution in [0.5, 0.6) is 0 Å². The van der Waals surface area contributed by atoms with Crippen molar-refractivity contribution < 1.29 is 4.79 Å². The third kappa shape index (κ3) is 7.18. The second-order valence-electron chi connectivity index (χ2n) is 2.27. The maximum absolute atomic E-state index is 10.1. The molecule has 0 rings (SSSR count). The van der Waals surface area contributed by atoms with Crippen LogP contribution < -0.4 is 0 Å². The molecule has 0 aliphatic heterocycles. The lowest BCUT2D eigenvalue weighted by Gasteiger charge is -1.90. The highest BCUT2D eigenvalue weighted by Gasteiger charge is 1.94. The monoisotopic (exact) mass is 181 g/mol. The fourth-order valence-electron chi connectivity index (χ4n) is 0.569. The van der Waals surface area contributed by atoms with Crippen LogP contribution in [-0.2, 0) is 4.79 Å². The largest absolute Gasteiger partial charge is 0.302 e. The normalized spacial score (nSPS) is 10.7. The van der Waals surface area contributed by atoms with E-state index in [1.165, 1.54) is 0 Å². The molecule has 1 atom stereocenters. The van der Waals surface area contributed by atoms with Crippen molar-refractivity contribution in [3.63, 3.8) is 0 Å². The Hall–Kier alpha value is -0.930. The molecule has 0 spiro atoms. The third-order valence-corrected chi connectivity index (χ3v) is 1.49. The number of rotatable bonds is 4. The molecule has 0 aliphatic carbocycles. The first-order chi connectivity index (χ1) is 5.81. The van der Waals surface area contributed by atoms with E-state index in [0.717, 1.165) is 19.1 Å². The molecule has 0 bridgehead atoms. The number of nitrogens with zero attached hydrogens (tertiary/aromatic N) is 1. The van der Waals surface area contributed by atoms with Gasteiger partial charge in [0.1, 0.15) is 6.29 Å². The van der Waals surface area contributed by atoms with Gasteiger partial charge in [-0.15, -0.1) is 11.8 Å². The topological polar surface area (TPSA) is 40.9 Å². The van der Waals surface area contributed by atoms with Gasteiger partial charge in [0.15, 0.2) is 0 Å². The van der Waals surface area contributed by atoms with E-state index < -0.39 is 0 Å². The van der Waals surface area contributed by atoms with Gasteiger partial charge >= 0.3 is 0 Å². The minimum atomic E-state index is -0.270. The highest BCUT2D eigenvalue weighted by Crippen LogP contribution is 1.96. The number of hydrogen-bond donors (Lipinski definition) is 1. The molecule has 0 heterocycles. The van der Waals surface area contributed by atoms with E-state index in [0.29, 0.717) is 12.8 Å². The van der Waals surface area contributed by atoms with Crippen LogP contribution in [0.1, 0.15) is 25.7 Å². The zero-order chi connectivity index (χ0) is 9.23. The van der Waals surface area contributed by atoms with Crippen LogP contribution in [-0.4, -0.2) is 11.5 Å². The summed E-state index contributed by atoms with van der Waals surface area (Å²) in [5.41, 5.74) is 0. The van der Waals surface area contributed by atoms with Crippen molar-refractivity contribution in [2.24, 2.45) is 0 Å². The molecule has 0 saturated carbocycles. The number of aldehydes is 1. The quantitative estimate of drug-likeness (QED) is 0.309. The molecule has 0 N–H and O–H groups in total. The average molecular weight is 181 g/mol. The standard InChI is InChI=1S/C9H11NOS/c10-7-5-3-1-2-4-6-9(12)8-11/h8-9,12H,1,3,5-6H2. The smallest absolute Gasteiger partial charge is 0.133 e. The molecule has 1 unspecified atom stereocenters. The number of unbranched alkanes of at least 4 members (excludes halogenated alkanes) is 2. The molecule has 12 heavy (non-hydrogen) atoms. The van der Waals surface area contributed by atoms with Gasteiger partial charge in [0.2, 0.25) is 0 Å². The molecule has 0 amide bonds. The van der Waals surface area contributed by atoms with Crippen LogP contribution >= 0.6 is 12.6 Å². The first-order valence-electron chi connectivity index (χ1n) is 3.77. The minimum absolute atomic E-state index is 0.270. The summed E-state index contributed by atoms with van der Waals surface area (Å²) >= 11 is 3.95. The zero-order valence-corrected chi connectivity index (χ0v) is 7.68. The van der Waals surface area contributed by atoms with Crippen molar-refractivity contribution in [2.45, 2.75) is 30.9 Å². The van der Waals surface area contributed by atoms with Crippen LogP contribution in [0.4, 0.5) is 0 Å². The van der Waals surface area contributed by atoms with Crippen molar-refractivity contribution in [2.75, 3.05) is 0 Å². The van der Waals surface area contributed by atoms with Crippen LogP contribution in [0.2, 0.25) is 0 Å². The fraction of sp³-hybridized carbons (Fsp3) is 0.556. The molecule has 2 nitrogen and oxygen atoms in total. The molecule has 0 aromatic heterocycles. The first-order valence-corrected chi connectivity index (χ1v) is 4.29. The van der Waals surface area contributed by atoms with Gasteiger partial charge in [-0.1, -0.05) is 0 Å². The second kappa shape index (κ2) is 8.17. The summed E-state index contributed by atoms with van der Waals surface area (Å²) in [6, 6.07) is 2.04. The van der Waals surface area contributed by atoms with Gasteiger partial charge in [-0.05, 0) is 6.42 Å². The maximum Gasteiger partial charge on any atom is 0.133 e. The van der Waals surface area contributed by atoms with Crippen molar-refractivity contribution in [3.05, 3.63) is 0 Å². The van der Waals surface area contributed by atoms with Crippen LogP contribution in [0.3, 0.4) is 0 Å². The van der Waals surface area contributed by atoms with Gasteiger partial charge in [0.05, 0.1) is 11.3 Å². The van der Waals surface area contributed by atoms with Gasteiger partial charge in [-0.3, -0.25) is 0 Å². The predicted molar refractivity (Wildman–Crippen MR) is 50.7 cm³/mol. The lowest BCUT2D eigenvalue weighted by molar-refractivity contribution is -0.107. The molecule has 0 aliphatic rings.